The summed E-state index contributed by atoms with van der Waals surface area (Å²) >= 11 is 0. The van der Waals surface area contributed by atoms with E-state index in [4.69, 9.17) is 23.4 Å². The highest BCUT2D eigenvalue weighted by Gasteiger charge is 2.16. The van der Waals surface area contributed by atoms with E-state index >= 15 is 0 Å². The number of carbonyl (C=O) groups excluding carboxylic acids is 4. The van der Waals surface area contributed by atoms with Gasteiger partial charge in [0.15, 0.2) is 0 Å². The predicted octanol–water partition coefficient (Wildman–Crippen LogP) is 2.47. The van der Waals surface area contributed by atoms with E-state index in [2.05, 4.69) is 10.6 Å². The first-order chi connectivity index (χ1) is 18.1. The van der Waals surface area contributed by atoms with E-state index in [0.29, 0.717) is 5.56 Å². The molecule has 0 aliphatic carbocycles. The number of fused-ring (bicyclic) bond motifs is 1. The van der Waals surface area contributed by atoms with Crippen LogP contribution >= 0.6 is 0 Å². The van der Waals surface area contributed by atoms with Crippen molar-refractivity contribution < 1.29 is 47.6 Å². The summed E-state index contributed by atoms with van der Waals surface area (Å²) in [5, 5.41) is 15.1. The number of rotatable bonds is 9. The van der Waals surface area contributed by atoms with Crippen LogP contribution in [0.4, 0.5) is 9.59 Å². The van der Waals surface area contributed by atoms with Gasteiger partial charge in [0.25, 0.3) is 0 Å². The molecule has 2 aromatic carbocycles. The first kappa shape index (κ1) is 27.5. The van der Waals surface area contributed by atoms with Crippen molar-refractivity contribution in [2.24, 2.45) is 0 Å². The lowest BCUT2D eigenvalue weighted by Gasteiger charge is -2.10. The zero-order chi connectivity index (χ0) is 27.7. The molecule has 0 bridgehead atoms. The fourth-order valence-electron chi connectivity index (χ4n) is 3.15. The van der Waals surface area contributed by atoms with Crippen molar-refractivity contribution in [3.63, 3.8) is 0 Å². The summed E-state index contributed by atoms with van der Waals surface area (Å²) in [7, 11) is 0. The lowest BCUT2D eigenvalue weighted by molar-refractivity contribution is -0.141. The second-order valence-electron chi connectivity index (χ2n) is 7.63. The van der Waals surface area contributed by atoms with Gasteiger partial charge in [0.05, 0.1) is 18.7 Å². The number of aromatic hydroxyl groups is 1. The Labute approximate surface area is 215 Å². The van der Waals surface area contributed by atoms with E-state index in [-0.39, 0.29) is 54.3 Å². The molecule has 3 aromatic rings. The molecule has 0 radical (unpaired) electrons. The molecular formula is C25H24N2O11. The first-order valence-electron chi connectivity index (χ1n) is 11.2. The summed E-state index contributed by atoms with van der Waals surface area (Å²) in [6.45, 7) is 2.55. The zero-order valence-corrected chi connectivity index (χ0v) is 20.4. The SMILES string of the molecule is CC(=O)OCCNC(=O)Oc1ccc(-c2coc3cc(OC(=O)NCCOC(C)=O)cc(O)c3c2=O)cc1. The second-order valence-corrected chi connectivity index (χ2v) is 7.63. The number of hydrogen-bond donors (Lipinski definition) is 3. The maximum absolute atomic E-state index is 13.1. The van der Waals surface area contributed by atoms with Gasteiger partial charge in [-0.2, -0.15) is 0 Å². The Morgan fingerprint density at radius 1 is 0.842 bits per heavy atom. The molecule has 0 fully saturated rings. The maximum Gasteiger partial charge on any atom is 0.412 e. The van der Waals surface area contributed by atoms with Gasteiger partial charge in [0.1, 0.15) is 47.7 Å². The first-order valence-corrected chi connectivity index (χ1v) is 11.2. The standard InChI is InChI=1S/C25H24N2O11/c1-14(28)34-9-7-26-24(32)37-17-5-3-16(4-6-17)19-13-36-21-12-18(11-20(30)22(21)23(19)31)38-25(33)27-8-10-35-15(2)29/h3-6,11-13,30H,7-10H2,1-2H3,(H,26,32)(H,27,33). The minimum atomic E-state index is -0.866. The fraction of sp³-hybridized carbons (Fsp3) is 0.240. The molecular weight excluding hydrogens is 504 g/mol. The van der Waals surface area contributed by atoms with E-state index in [1.54, 1.807) is 0 Å². The Kier molecular flexibility index (Phi) is 9.24. The zero-order valence-electron chi connectivity index (χ0n) is 20.4. The third-order valence-corrected chi connectivity index (χ3v) is 4.77. The quantitative estimate of drug-likeness (QED) is 0.274. The van der Waals surface area contributed by atoms with Gasteiger partial charge >= 0.3 is 24.1 Å². The Morgan fingerprint density at radius 2 is 1.39 bits per heavy atom. The molecule has 0 atom stereocenters. The van der Waals surface area contributed by atoms with Gasteiger partial charge in [-0.3, -0.25) is 14.4 Å². The predicted molar refractivity (Wildman–Crippen MR) is 131 cm³/mol. The molecule has 13 nitrogen and oxygen atoms in total. The summed E-state index contributed by atoms with van der Waals surface area (Å²) in [5.41, 5.74) is -0.0120. The Balaban J connectivity index is 1.67. The Bertz CT molecular complexity index is 1400. The van der Waals surface area contributed by atoms with Gasteiger partial charge in [-0.1, -0.05) is 12.1 Å². The molecule has 200 valence electrons. The summed E-state index contributed by atoms with van der Waals surface area (Å²) in [6.07, 6.45) is -0.434. The maximum atomic E-state index is 13.1. The number of phenols is 1. The third kappa shape index (κ3) is 7.71. The summed E-state index contributed by atoms with van der Waals surface area (Å²) < 4.78 is 25.1. The molecule has 2 amide bonds. The monoisotopic (exact) mass is 528 g/mol. The summed E-state index contributed by atoms with van der Waals surface area (Å²) in [6, 6.07) is 8.32. The van der Waals surface area contributed by atoms with Crippen LogP contribution in [-0.2, 0) is 19.1 Å². The minimum Gasteiger partial charge on any atom is -0.507 e. The van der Waals surface area contributed by atoms with Gasteiger partial charge in [0, 0.05) is 26.0 Å². The number of ether oxygens (including phenoxy) is 4. The summed E-state index contributed by atoms with van der Waals surface area (Å²) in [4.78, 5) is 58.2. The van der Waals surface area contributed by atoms with Gasteiger partial charge in [-0.25, -0.2) is 9.59 Å². The number of benzene rings is 2. The molecule has 0 spiro atoms. The summed E-state index contributed by atoms with van der Waals surface area (Å²) in [5.74, 6) is -1.31. The number of phenolic OH excluding ortho intramolecular Hbond substituents is 1. The highest BCUT2D eigenvalue weighted by Crippen LogP contribution is 2.30. The van der Waals surface area contributed by atoms with Crippen LogP contribution in [0.1, 0.15) is 13.8 Å². The highest BCUT2D eigenvalue weighted by molar-refractivity contribution is 5.88. The number of nitrogens with one attached hydrogen (secondary N) is 2. The van der Waals surface area contributed by atoms with Gasteiger partial charge in [0.2, 0.25) is 5.43 Å². The minimum absolute atomic E-state index is 0.00637. The molecule has 0 unspecified atom stereocenters. The Hall–Kier alpha value is -5.07. The molecule has 1 heterocycles. The normalized spacial score (nSPS) is 10.4. The van der Waals surface area contributed by atoms with Crippen molar-refractivity contribution in [3.8, 4) is 28.4 Å². The van der Waals surface area contributed by atoms with E-state index in [1.807, 2.05) is 0 Å². The van der Waals surface area contributed by atoms with E-state index in [1.165, 1.54) is 50.4 Å². The molecule has 3 rings (SSSR count). The van der Waals surface area contributed by atoms with Crippen LogP contribution < -0.4 is 25.5 Å². The smallest absolute Gasteiger partial charge is 0.412 e. The van der Waals surface area contributed by atoms with Crippen molar-refractivity contribution in [2.75, 3.05) is 26.3 Å². The number of amides is 2. The molecule has 0 aliphatic rings. The molecule has 3 N–H and O–H groups in total. The average Bonchev–Trinajstić information content (AvgIpc) is 2.85. The van der Waals surface area contributed by atoms with Crippen LogP contribution in [0, 0.1) is 0 Å². The third-order valence-electron chi connectivity index (χ3n) is 4.77. The molecule has 38 heavy (non-hydrogen) atoms. The number of hydrogen-bond acceptors (Lipinski definition) is 11. The molecule has 0 saturated carbocycles. The van der Waals surface area contributed by atoms with Crippen molar-refractivity contribution in [1.29, 1.82) is 0 Å². The van der Waals surface area contributed by atoms with Crippen molar-refractivity contribution in [2.45, 2.75) is 13.8 Å². The van der Waals surface area contributed by atoms with Crippen LogP contribution in [0.5, 0.6) is 17.2 Å². The lowest BCUT2D eigenvalue weighted by atomic mass is 10.0. The number of esters is 2. The van der Waals surface area contributed by atoms with Crippen molar-refractivity contribution >= 4 is 35.1 Å². The highest BCUT2D eigenvalue weighted by atomic mass is 16.6. The molecule has 0 aliphatic heterocycles. The van der Waals surface area contributed by atoms with Crippen molar-refractivity contribution in [1.82, 2.24) is 10.6 Å². The number of carbonyl (C=O) groups is 4. The van der Waals surface area contributed by atoms with Crippen LogP contribution in [0.15, 0.2) is 51.9 Å². The fourth-order valence-corrected chi connectivity index (χ4v) is 3.15. The molecule has 0 saturated heterocycles. The van der Waals surface area contributed by atoms with Gasteiger partial charge in [-0.15, -0.1) is 0 Å². The van der Waals surface area contributed by atoms with Crippen LogP contribution in [0.25, 0.3) is 22.1 Å². The van der Waals surface area contributed by atoms with Crippen molar-refractivity contribution in [3.05, 3.63) is 52.9 Å². The van der Waals surface area contributed by atoms with E-state index in [0.717, 1.165) is 6.07 Å². The molecule has 13 heteroatoms. The Morgan fingerprint density at radius 3 is 1.95 bits per heavy atom. The lowest BCUT2D eigenvalue weighted by Crippen LogP contribution is -2.30. The topological polar surface area (TPSA) is 180 Å². The largest absolute Gasteiger partial charge is 0.507 e. The van der Waals surface area contributed by atoms with Crippen LogP contribution in [0.3, 0.4) is 0 Å². The van der Waals surface area contributed by atoms with Gasteiger partial charge < -0.3 is 39.1 Å². The average molecular weight is 528 g/mol. The molecule has 1 aromatic heterocycles. The second kappa shape index (κ2) is 12.8. The van der Waals surface area contributed by atoms with E-state index in [9.17, 15) is 29.1 Å². The van der Waals surface area contributed by atoms with Gasteiger partial charge in [-0.05, 0) is 17.7 Å². The van der Waals surface area contributed by atoms with E-state index < -0.39 is 35.3 Å². The van der Waals surface area contributed by atoms with Crippen LogP contribution in [0.2, 0.25) is 0 Å². The van der Waals surface area contributed by atoms with Crippen LogP contribution in [-0.4, -0.2) is 55.5 Å².